The van der Waals surface area contributed by atoms with E-state index in [1.165, 1.54) is 6.26 Å². The van der Waals surface area contributed by atoms with E-state index in [0.29, 0.717) is 11.4 Å². The van der Waals surface area contributed by atoms with Gasteiger partial charge in [0, 0.05) is 37.8 Å². The van der Waals surface area contributed by atoms with E-state index >= 15 is 0 Å². The first-order valence-electron chi connectivity index (χ1n) is 8.00. The highest BCUT2D eigenvalue weighted by Crippen LogP contribution is 2.23. The number of hydrogen-bond acceptors (Lipinski definition) is 7. The Labute approximate surface area is 147 Å². The third-order valence-corrected chi connectivity index (χ3v) is 5.34. The van der Waals surface area contributed by atoms with Gasteiger partial charge in [0.15, 0.2) is 9.84 Å². The third-order valence-electron chi connectivity index (χ3n) is 4.21. The highest BCUT2D eigenvalue weighted by Gasteiger charge is 2.22. The molecule has 130 valence electrons. The minimum Gasteiger partial charge on any atom is -0.366 e. The van der Waals surface area contributed by atoms with Crippen LogP contribution in [0.3, 0.4) is 0 Å². The summed E-state index contributed by atoms with van der Waals surface area (Å²) in [6.45, 7) is 1.61. The number of hydrogen-bond donors (Lipinski definition) is 1. The van der Waals surface area contributed by atoms with E-state index in [1.807, 2.05) is 6.07 Å². The maximum absolute atomic E-state index is 11.9. The first-order valence-corrected chi connectivity index (χ1v) is 9.89. The second-order valence-corrected chi connectivity index (χ2v) is 8.03. The summed E-state index contributed by atoms with van der Waals surface area (Å²) in [7, 11) is -3.32. The fourth-order valence-corrected chi connectivity index (χ4v) is 3.67. The van der Waals surface area contributed by atoms with Crippen molar-refractivity contribution in [3.8, 4) is 6.07 Å². The van der Waals surface area contributed by atoms with Gasteiger partial charge in [0.25, 0.3) is 0 Å². The van der Waals surface area contributed by atoms with Crippen molar-refractivity contribution in [2.75, 3.05) is 29.6 Å². The summed E-state index contributed by atoms with van der Waals surface area (Å²) in [6.07, 6.45) is 6.05. The van der Waals surface area contributed by atoms with E-state index in [0.717, 1.165) is 31.7 Å². The molecule has 0 atom stereocenters. The van der Waals surface area contributed by atoms with Crippen LogP contribution in [0.2, 0.25) is 0 Å². The molecule has 1 fully saturated rings. The molecule has 0 aromatic carbocycles. The maximum atomic E-state index is 11.9. The van der Waals surface area contributed by atoms with Crippen LogP contribution >= 0.6 is 0 Å². The van der Waals surface area contributed by atoms with E-state index in [-0.39, 0.29) is 10.9 Å². The number of pyridine rings is 2. The monoisotopic (exact) mass is 357 g/mol. The minimum atomic E-state index is -3.32. The number of piperidine rings is 1. The Hall–Kier alpha value is -2.66. The van der Waals surface area contributed by atoms with Crippen LogP contribution in [0.4, 0.5) is 11.6 Å². The second-order valence-electron chi connectivity index (χ2n) is 6.04. The Bertz CT molecular complexity index is 882. The molecule has 3 rings (SSSR count). The van der Waals surface area contributed by atoms with E-state index in [1.54, 1.807) is 30.6 Å². The first kappa shape index (κ1) is 17.2. The molecule has 1 N–H and O–H groups in total. The molecule has 2 aromatic heterocycles. The van der Waals surface area contributed by atoms with Gasteiger partial charge in [-0.1, -0.05) is 0 Å². The van der Waals surface area contributed by atoms with Gasteiger partial charge < -0.3 is 10.2 Å². The van der Waals surface area contributed by atoms with Crippen molar-refractivity contribution >= 4 is 21.5 Å². The van der Waals surface area contributed by atoms with Crippen molar-refractivity contribution < 1.29 is 8.42 Å². The molecule has 7 nitrogen and oxygen atoms in total. The zero-order chi connectivity index (χ0) is 17.9. The Morgan fingerprint density at radius 3 is 2.60 bits per heavy atom. The molecular formula is C17H19N5O2S. The minimum absolute atomic E-state index is 0.157. The molecule has 2 aromatic rings. The van der Waals surface area contributed by atoms with E-state index < -0.39 is 9.84 Å². The van der Waals surface area contributed by atoms with Crippen LogP contribution in [0.25, 0.3) is 0 Å². The molecule has 0 unspecified atom stereocenters. The van der Waals surface area contributed by atoms with Crippen LogP contribution in [-0.2, 0) is 9.84 Å². The lowest BCUT2D eigenvalue weighted by atomic mass is 10.0. The van der Waals surface area contributed by atoms with Crippen LogP contribution in [0, 0.1) is 11.3 Å². The zero-order valence-corrected chi connectivity index (χ0v) is 14.7. The summed E-state index contributed by atoms with van der Waals surface area (Å²) >= 11 is 0. The summed E-state index contributed by atoms with van der Waals surface area (Å²) in [4.78, 5) is 10.9. The molecule has 0 spiro atoms. The van der Waals surface area contributed by atoms with Crippen molar-refractivity contribution in [3.05, 3.63) is 42.2 Å². The number of nitrogens with one attached hydrogen (secondary N) is 1. The summed E-state index contributed by atoms with van der Waals surface area (Å²) in [5, 5.41) is 12.1. The summed E-state index contributed by atoms with van der Waals surface area (Å²) < 4.78 is 23.7. The predicted octanol–water partition coefficient (Wildman–Crippen LogP) is 1.83. The van der Waals surface area contributed by atoms with E-state index in [2.05, 4.69) is 26.3 Å². The van der Waals surface area contributed by atoms with E-state index in [9.17, 15) is 8.42 Å². The lowest BCUT2D eigenvalue weighted by molar-refractivity contribution is 0.521. The molecule has 0 bridgehead atoms. The van der Waals surface area contributed by atoms with Crippen LogP contribution < -0.4 is 10.2 Å². The quantitative estimate of drug-likeness (QED) is 0.891. The maximum Gasteiger partial charge on any atom is 0.179 e. The average molecular weight is 357 g/mol. The normalized spacial score (nSPS) is 15.6. The Balaban J connectivity index is 1.64. The predicted molar refractivity (Wildman–Crippen MR) is 95.2 cm³/mol. The number of aromatic nitrogens is 2. The molecule has 8 heteroatoms. The molecule has 25 heavy (non-hydrogen) atoms. The van der Waals surface area contributed by atoms with Gasteiger partial charge in [0.2, 0.25) is 0 Å². The Kier molecular flexibility index (Phi) is 4.86. The molecule has 0 aliphatic carbocycles. The second kappa shape index (κ2) is 7.07. The van der Waals surface area contributed by atoms with Crippen molar-refractivity contribution in [3.63, 3.8) is 0 Å². The van der Waals surface area contributed by atoms with Crippen LogP contribution in [0.5, 0.6) is 0 Å². The molecular weight excluding hydrogens is 338 g/mol. The van der Waals surface area contributed by atoms with E-state index in [4.69, 9.17) is 5.26 Å². The number of rotatable bonds is 4. The van der Waals surface area contributed by atoms with Gasteiger partial charge in [-0.3, -0.25) is 0 Å². The Morgan fingerprint density at radius 2 is 2.00 bits per heavy atom. The highest BCUT2D eigenvalue weighted by molar-refractivity contribution is 7.90. The highest BCUT2D eigenvalue weighted by atomic mass is 32.2. The van der Waals surface area contributed by atoms with Crippen LogP contribution in [0.1, 0.15) is 18.4 Å². The smallest absolute Gasteiger partial charge is 0.179 e. The number of nitrogens with zero attached hydrogens (tertiary/aromatic N) is 4. The van der Waals surface area contributed by atoms with Gasteiger partial charge in [-0.05, 0) is 37.1 Å². The third kappa shape index (κ3) is 4.06. The number of anilines is 2. The first-order chi connectivity index (χ1) is 12.0. The number of sulfone groups is 1. The fourth-order valence-electron chi connectivity index (χ4n) is 2.88. The molecule has 0 radical (unpaired) electrons. The lowest BCUT2D eigenvalue weighted by Crippen LogP contribution is -2.39. The van der Waals surface area contributed by atoms with Crippen LogP contribution in [-0.4, -0.2) is 43.8 Å². The van der Waals surface area contributed by atoms with Crippen molar-refractivity contribution in [2.45, 2.75) is 23.8 Å². The van der Waals surface area contributed by atoms with Gasteiger partial charge >= 0.3 is 0 Å². The van der Waals surface area contributed by atoms with Gasteiger partial charge in [0.1, 0.15) is 22.6 Å². The SMILES string of the molecule is CS(=O)(=O)c1cccnc1NC1CCN(c2ccc(C#N)cn2)CC1. The molecule has 0 saturated carbocycles. The van der Waals surface area contributed by atoms with Crippen LogP contribution in [0.15, 0.2) is 41.6 Å². The molecule has 1 saturated heterocycles. The van der Waals surface area contributed by atoms with Gasteiger partial charge in [-0.25, -0.2) is 18.4 Å². The topological polar surface area (TPSA) is 99.0 Å². The molecule has 1 aliphatic heterocycles. The molecule has 3 heterocycles. The van der Waals surface area contributed by atoms with Crippen molar-refractivity contribution in [1.82, 2.24) is 9.97 Å². The average Bonchev–Trinajstić information content (AvgIpc) is 2.62. The lowest BCUT2D eigenvalue weighted by Gasteiger charge is -2.33. The van der Waals surface area contributed by atoms with Crippen molar-refractivity contribution in [1.29, 1.82) is 5.26 Å². The van der Waals surface area contributed by atoms with Gasteiger partial charge in [0.05, 0.1) is 5.56 Å². The largest absolute Gasteiger partial charge is 0.366 e. The molecule has 1 aliphatic rings. The molecule has 0 amide bonds. The standard InChI is InChI=1S/C17H19N5O2S/c1-25(23,24)15-3-2-8-19-17(15)21-14-6-9-22(10-7-14)16-5-4-13(11-18)12-20-16/h2-5,8,12,14H,6-7,9-10H2,1H3,(H,19,21). The Morgan fingerprint density at radius 1 is 1.24 bits per heavy atom. The van der Waals surface area contributed by atoms with Crippen molar-refractivity contribution in [2.24, 2.45) is 0 Å². The summed E-state index contributed by atoms with van der Waals surface area (Å²) in [5.41, 5.74) is 0.545. The van der Waals surface area contributed by atoms with Gasteiger partial charge in [-0.15, -0.1) is 0 Å². The summed E-state index contributed by atoms with van der Waals surface area (Å²) in [5.74, 6) is 1.27. The zero-order valence-electron chi connectivity index (χ0n) is 13.9. The number of nitriles is 1. The summed E-state index contributed by atoms with van der Waals surface area (Å²) in [6, 6.07) is 9.03. The fraction of sp³-hybridized carbons (Fsp3) is 0.353. The van der Waals surface area contributed by atoms with Gasteiger partial charge in [-0.2, -0.15) is 5.26 Å².